The molecule has 0 bridgehead atoms. The van der Waals surface area contributed by atoms with E-state index in [2.05, 4.69) is 34.2 Å². The first-order valence-electron chi connectivity index (χ1n) is 6.59. The maximum absolute atomic E-state index is 12.0. The zero-order valence-corrected chi connectivity index (χ0v) is 11.9. The van der Waals surface area contributed by atoms with Crippen molar-refractivity contribution in [3.63, 3.8) is 0 Å². The van der Waals surface area contributed by atoms with Crippen molar-refractivity contribution < 1.29 is 9.32 Å². The maximum Gasteiger partial charge on any atom is 0.275 e. The molecule has 106 valence electrons. The van der Waals surface area contributed by atoms with Gasteiger partial charge in [0.2, 0.25) is 0 Å². The van der Waals surface area contributed by atoms with Gasteiger partial charge in [0, 0.05) is 19.2 Å². The highest BCUT2D eigenvalue weighted by atomic mass is 16.5. The van der Waals surface area contributed by atoms with Crippen LogP contribution in [0.25, 0.3) is 0 Å². The molecule has 1 amide bonds. The van der Waals surface area contributed by atoms with Crippen molar-refractivity contribution in [1.29, 1.82) is 0 Å². The molecule has 0 aromatic carbocycles. The molecule has 2 aromatic rings. The first-order valence-corrected chi connectivity index (χ1v) is 6.59. The molecule has 2 rings (SSSR count). The number of rotatable bonds is 5. The van der Waals surface area contributed by atoms with E-state index in [9.17, 15) is 4.79 Å². The van der Waals surface area contributed by atoms with Gasteiger partial charge in [0.15, 0.2) is 5.82 Å². The predicted octanol–water partition coefficient (Wildman–Crippen LogP) is 2.48. The molecule has 0 saturated heterocycles. The molecular weight excluding hydrogens is 256 g/mol. The van der Waals surface area contributed by atoms with Gasteiger partial charge in [-0.15, -0.1) is 0 Å². The van der Waals surface area contributed by atoms with Crippen molar-refractivity contribution in [3.8, 4) is 0 Å². The van der Waals surface area contributed by atoms with Crippen LogP contribution in [0.4, 0.5) is 11.5 Å². The molecule has 0 fully saturated rings. The van der Waals surface area contributed by atoms with Gasteiger partial charge in [0.1, 0.15) is 11.5 Å². The van der Waals surface area contributed by atoms with Gasteiger partial charge in [0.05, 0.1) is 11.9 Å². The number of carbonyl (C=O) groups excluding carboxylic acids is 1. The Morgan fingerprint density at radius 3 is 2.60 bits per heavy atom. The third-order valence-electron chi connectivity index (χ3n) is 2.98. The number of hydrogen-bond donors (Lipinski definition) is 1. The van der Waals surface area contributed by atoms with E-state index in [0.717, 1.165) is 18.8 Å². The molecule has 2 aromatic heterocycles. The summed E-state index contributed by atoms with van der Waals surface area (Å²) in [5, 5.41) is 6.35. The van der Waals surface area contributed by atoms with Crippen LogP contribution in [0.3, 0.4) is 0 Å². The van der Waals surface area contributed by atoms with Crippen LogP contribution in [-0.2, 0) is 0 Å². The number of pyridine rings is 1. The summed E-state index contributed by atoms with van der Waals surface area (Å²) in [6, 6.07) is 5.25. The molecule has 0 aliphatic carbocycles. The van der Waals surface area contributed by atoms with E-state index >= 15 is 0 Å². The molecule has 2 heterocycles. The molecular formula is C14H18N4O2. The zero-order chi connectivity index (χ0) is 14.5. The fourth-order valence-corrected chi connectivity index (χ4v) is 1.90. The highest BCUT2D eigenvalue weighted by Crippen LogP contribution is 2.14. The van der Waals surface area contributed by atoms with E-state index in [1.807, 2.05) is 6.07 Å². The average molecular weight is 274 g/mol. The third kappa shape index (κ3) is 3.14. The molecule has 0 spiro atoms. The lowest BCUT2D eigenvalue weighted by Gasteiger charge is -2.20. The minimum atomic E-state index is -0.301. The third-order valence-corrected chi connectivity index (χ3v) is 2.98. The Morgan fingerprint density at radius 1 is 1.35 bits per heavy atom. The van der Waals surface area contributed by atoms with Crippen LogP contribution in [0.2, 0.25) is 0 Å². The fourth-order valence-electron chi connectivity index (χ4n) is 1.90. The van der Waals surface area contributed by atoms with E-state index < -0.39 is 0 Å². The molecule has 1 N–H and O–H groups in total. The number of hydrogen-bond acceptors (Lipinski definition) is 5. The summed E-state index contributed by atoms with van der Waals surface area (Å²) >= 11 is 0. The Labute approximate surface area is 117 Å². The summed E-state index contributed by atoms with van der Waals surface area (Å²) in [4.78, 5) is 18.3. The molecule has 0 radical (unpaired) electrons. The number of amides is 1. The van der Waals surface area contributed by atoms with Crippen LogP contribution >= 0.6 is 0 Å². The zero-order valence-electron chi connectivity index (χ0n) is 11.9. The van der Waals surface area contributed by atoms with Crippen LogP contribution in [0, 0.1) is 6.92 Å². The van der Waals surface area contributed by atoms with Gasteiger partial charge in [-0.05, 0) is 32.9 Å². The second-order valence-corrected chi connectivity index (χ2v) is 4.35. The number of nitrogens with one attached hydrogen (secondary N) is 1. The minimum Gasteiger partial charge on any atom is -0.371 e. The van der Waals surface area contributed by atoms with E-state index in [4.69, 9.17) is 4.52 Å². The number of nitrogens with zero attached hydrogens (tertiary/aromatic N) is 3. The summed E-state index contributed by atoms with van der Waals surface area (Å²) in [7, 11) is 0. The molecule has 0 saturated carbocycles. The van der Waals surface area contributed by atoms with Crippen molar-refractivity contribution >= 4 is 17.4 Å². The number of aryl methyl sites for hydroxylation is 1. The Balaban J connectivity index is 2.07. The standard InChI is InChI=1S/C14H18N4O2/c1-4-18(5-2)11-6-7-12(15-9-11)14(19)16-13-8-10(3)20-17-13/h6-9H,4-5H2,1-3H3,(H,16,17,19). The van der Waals surface area contributed by atoms with Gasteiger partial charge >= 0.3 is 0 Å². The molecule has 6 nitrogen and oxygen atoms in total. The lowest BCUT2D eigenvalue weighted by atomic mass is 10.3. The molecule has 0 unspecified atom stereocenters. The van der Waals surface area contributed by atoms with Gasteiger partial charge in [-0.25, -0.2) is 4.98 Å². The smallest absolute Gasteiger partial charge is 0.275 e. The van der Waals surface area contributed by atoms with Crippen molar-refractivity contribution in [3.05, 3.63) is 35.9 Å². The Kier molecular flexibility index (Phi) is 4.34. The van der Waals surface area contributed by atoms with Crippen molar-refractivity contribution in [2.24, 2.45) is 0 Å². The normalized spacial score (nSPS) is 10.3. The van der Waals surface area contributed by atoms with Crippen LogP contribution in [0.5, 0.6) is 0 Å². The SMILES string of the molecule is CCN(CC)c1ccc(C(=O)Nc2cc(C)on2)nc1. The van der Waals surface area contributed by atoms with E-state index in [-0.39, 0.29) is 5.91 Å². The lowest BCUT2D eigenvalue weighted by Crippen LogP contribution is -2.22. The second kappa shape index (κ2) is 6.18. The first kappa shape index (κ1) is 14.0. The van der Waals surface area contributed by atoms with Gasteiger partial charge in [-0.1, -0.05) is 5.16 Å². The Hall–Kier alpha value is -2.37. The van der Waals surface area contributed by atoms with Gasteiger partial charge in [0.25, 0.3) is 5.91 Å². The van der Waals surface area contributed by atoms with E-state index in [1.165, 1.54) is 0 Å². The fraction of sp³-hybridized carbons (Fsp3) is 0.357. The second-order valence-electron chi connectivity index (χ2n) is 4.35. The monoisotopic (exact) mass is 274 g/mol. The van der Waals surface area contributed by atoms with Gasteiger partial charge < -0.3 is 14.7 Å². The number of anilines is 2. The number of aromatic nitrogens is 2. The summed E-state index contributed by atoms with van der Waals surface area (Å²) in [6.45, 7) is 7.73. The molecule has 0 atom stereocenters. The summed E-state index contributed by atoms with van der Waals surface area (Å²) in [6.07, 6.45) is 1.70. The topological polar surface area (TPSA) is 71.3 Å². The maximum atomic E-state index is 12.0. The summed E-state index contributed by atoms with van der Waals surface area (Å²) < 4.78 is 4.89. The first-order chi connectivity index (χ1) is 9.63. The van der Waals surface area contributed by atoms with Crippen molar-refractivity contribution in [2.45, 2.75) is 20.8 Å². The summed E-state index contributed by atoms with van der Waals surface area (Å²) in [5.41, 5.74) is 1.35. The Morgan fingerprint density at radius 2 is 2.10 bits per heavy atom. The Bertz CT molecular complexity index is 573. The quantitative estimate of drug-likeness (QED) is 0.907. The minimum absolute atomic E-state index is 0.301. The highest BCUT2D eigenvalue weighted by Gasteiger charge is 2.11. The van der Waals surface area contributed by atoms with Crippen LogP contribution in [0.15, 0.2) is 28.9 Å². The van der Waals surface area contributed by atoms with E-state index in [0.29, 0.717) is 17.3 Å². The number of carbonyl (C=O) groups is 1. The lowest BCUT2D eigenvalue weighted by molar-refractivity contribution is 0.102. The molecule has 0 aliphatic rings. The largest absolute Gasteiger partial charge is 0.371 e. The van der Waals surface area contributed by atoms with E-state index in [1.54, 1.807) is 25.3 Å². The van der Waals surface area contributed by atoms with Crippen molar-refractivity contribution in [1.82, 2.24) is 10.1 Å². The summed E-state index contributed by atoms with van der Waals surface area (Å²) in [5.74, 6) is 0.733. The van der Waals surface area contributed by atoms with Crippen molar-refractivity contribution in [2.75, 3.05) is 23.3 Å². The van der Waals surface area contributed by atoms with Gasteiger partial charge in [-0.3, -0.25) is 4.79 Å². The average Bonchev–Trinajstić information content (AvgIpc) is 2.86. The van der Waals surface area contributed by atoms with Crippen LogP contribution in [-0.4, -0.2) is 29.1 Å². The van der Waals surface area contributed by atoms with Crippen LogP contribution in [0.1, 0.15) is 30.1 Å². The highest BCUT2D eigenvalue weighted by molar-refractivity contribution is 6.02. The van der Waals surface area contributed by atoms with Gasteiger partial charge in [-0.2, -0.15) is 0 Å². The molecule has 6 heteroatoms. The molecule has 20 heavy (non-hydrogen) atoms. The van der Waals surface area contributed by atoms with Crippen LogP contribution < -0.4 is 10.2 Å². The predicted molar refractivity (Wildman–Crippen MR) is 77.0 cm³/mol. The molecule has 0 aliphatic heterocycles.